The average Bonchev–Trinajstić information content (AvgIpc) is 2.98. The summed E-state index contributed by atoms with van der Waals surface area (Å²) in [6, 6.07) is 18.0. The standard InChI is InChI=1S/C38H49FN2O6/c1-25(41-36(43)47-38(5,6)7)31-12-10-13-32(35(31)39)29-20-26(15-16-30-23-40-17-18-44-30)19-27(21-29)24-45-33-14-9-8-11-28(33)22-34(42)46-37(2,3)4/h8-14,19-21,25,30,40H,15-18,22-24H2,1-7H3,(H,41,43). The number of alkyl carbamates (subject to hydrolysis) is 1. The minimum atomic E-state index is -0.669. The van der Waals surface area contributed by atoms with Crippen LogP contribution in [0.3, 0.4) is 0 Å². The highest BCUT2D eigenvalue weighted by Crippen LogP contribution is 2.31. The van der Waals surface area contributed by atoms with Gasteiger partial charge in [0.15, 0.2) is 0 Å². The number of para-hydroxylation sites is 1. The Hall–Kier alpha value is -3.95. The summed E-state index contributed by atoms with van der Waals surface area (Å²) in [5.74, 6) is -0.159. The summed E-state index contributed by atoms with van der Waals surface area (Å²) < 4.78 is 39.3. The van der Waals surface area contributed by atoms with Crippen LogP contribution in [0.4, 0.5) is 9.18 Å². The monoisotopic (exact) mass is 648 g/mol. The summed E-state index contributed by atoms with van der Waals surface area (Å²) in [5, 5.41) is 6.12. The lowest BCUT2D eigenvalue weighted by molar-refractivity contribution is -0.153. The number of nitrogens with one attached hydrogen (secondary N) is 2. The molecule has 1 saturated heterocycles. The van der Waals surface area contributed by atoms with Crippen molar-refractivity contribution in [3.63, 3.8) is 0 Å². The van der Waals surface area contributed by atoms with E-state index in [-0.39, 0.29) is 25.1 Å². The molecule has 1 fully saturated rings. The van der Waals surface area contributed by atoms with Gasteiger partial charge in [0.2, 0.25) is 0 Å². The van der Waals surface area contributed by atoms with Crippen LogP contribution in [0.1, 0.15) is 83.2 Å². The van der Waals surface area contributed by atoms with Crippen molar-refractivity contribution >= 4 is 12.1 Å². The maximum absolute atomic E-state index is 16.2. The number of carbonyl (C=O) groups excluding carboxylic acids is 2. The van der Waals surface area contributed by atoms with Gasteiger partial charge in [0.25, 0.3) is 0 Å². The third kappa shape index (κ3) is 11.4. The van der Waals surface area contributed by atoms with Gasteiger partial charge >= 0.3 is 12.1 Å². The molecule has 1 amide bonds. The Balaban J connectivity index is 1.60. The number of rotatable bonds is 11. The number of morpholine rings is 1. The van der Waals surface area contributed by atoms with Crippen molar-refractivity contribution in [2.45, 2.75) is 97.7 Å². The lowest BCUT2D eigenvalue weighted by atomic mass is 9.94. The van der Waals surface area contributed by atoms with Gasteiger partial charge in [-0.1, -0.05) is 48.5 Å². The maximum Gasteiger partial charge on any atom is 0.408 e. The van der Waals surface area contributed by atoms with Crippen molar-refractivity contribution in [1.82, 2.24) is 10.6 Å². The number of ether oxygens (including phenoxy) is 4. The minimum absolute atomic E-state index is 0.0850. The molecule has 0 radical (unpaired) electrons. The number of halogens is 1. The molecule has 0 spiro atoms. The van der Waals surface area contributed by atoms with E-state index in [1.165, 1.54) is 0 Å². The molecule has 3 aromatic rings. The van der Waals surface area contributed by atoms with Crippen LogP contribution in [0.25, 0.3) is 11.1 Å². The molecule has 4 rings (SSSR count). The van der Waals surface area contributed by atoms with Crippen molar-refractivity contribution in [3.05, 3.63) is 88.7 Å². The molecule has 0 bridgehead atoms. The van der Waals surface area contributed by atoms with E-state index in [1.54, 1.807) is 45.9 Å². The number of esters is 1. The summed E-state index contributed by atoms with van der Waals surface area (Å²) >= 11 is 0. The van der Waals surface area contributed by atoms with Gasteiger partial charge in [-0.05, 0) is 90.1 Å². The fourth-order valence-electron chi connectivity index (χ4n) is 5.43. The lowest BCUT2D eigenvalue weighted by Gasteiger charge is -2.24. The van der Waals surface area contributed by atoms with Gasteiger partial charge in [-0.2, -0.15) is 0 Å². The Bertz CT molecular complexity index is 1520. The van der Waals surface area contributed by atoms with Crippen molar-refractivity contribution in [2.24, 2.45) is 0 Å². The van der Waals surface area contributed by atoms with E-state index in [4.69, 9.17) is 18.9 Å². The van der Waals surface area contributed by atoms with Crippen LogP contribution < -0.4 is 15.4 Å². The van der Waals surface area contributed by atoms with E-state index in [9.17, 15) is 9.59 Å². The van der Waals surface area contributed by atoms with Gasteiger partial charge in [-0.3, -0.25) is 4.79 Å². The van der Waals surface area contributed by atoms with E-state index < -0.39 is 29.2 Å². The van der Waals surface area contributed by atoms with Gasteiger partial charge in [0.05, 0.1) is 25.2 Å². The van der Waals surface area contributed by atoms with Crippen LogP contribution in [-0.2, 0) is 38.5 Å². The molecule has 1 aliphatic heterocycles. The Morgan fingerprint density at radius 2 is 1.70 bits per heavy atom. The van der Waals surface area contributed by atoms with Crippen LogP contribution in [0, 0.1) is 5.82 Å². The largest absolute Gasteiger partial charge is 0.489 e. The highest BCUT2D eigenvalue weighted by Gasteiger charge is 2.22. The summed E-state index contributed by atoms with van der Waals surface area (Å²) in [6.07, 6.45) is 1.13. The molecule has 0 aromatic heterocycles. The second kappa shape index (κ2) is 15.8. The van der Waals surface area contributed by atoms with E-state index >= 15 is 4.39 Å². The summed E-state index contributed by atoms with van der Waals surface area (Å²) in [4.78, 5) is 25.0. The number of amides is 1. The number of benzene rings is 3. The van der Waals surface area contributed by atoms with Crippen LogP contribution in [0.5, 0.6) is 5.75 Å². The Labute approximate surface area is 278 Å². The first kappa shape index (κ1) is 35.9. The van der Waals surface area contributed by atoms with Crippen LogP contribution in [0.15, 0.2) is 60.7 Å². The molecule has 2 N–H and O–H groups in total. The Morgan fingerprint density at radius 1 is 0.979 bits per heavy atom. The van der Waals surface area contributed by atoms with E-state index in [2.05, 4.69) is 16.7 Å². The third-order valence-corrected chi connectivity index (χ3v) is 7.47. The summed E-state index contributed by atoms with van der Waals surface area (Å²) in [6.45, 7) is 15.1. The van der Waals surface area contributed by atoms with Gasteiger partial charge in [0, 0.05) is 29.8 Å². The highest BCUT2D eigenvalue weighted by molar-refractivity contribution is 5.74. The smallest absolute Gasteiger partial charge is 0.408 e. The molecule has 0 aliphatic carbocycles. The van der Waals surface area contributed by atoms with Crippen molar-refractivity contribution in [2.75, 3.05) is 19.7 Å². The zero-order valence-electron chi connectivity index (χ0n) is 28.7. The normalized spacial score (nSPS) is 15.9. The van der Waals surface area contributed by atoms with E-state index in [1.807, 2.05) is 57.2 Å². The predicted octanol–water partition coefficient (Wildman–Crippen LogP) is 7.46. The molecule has 9 heteroatoms. The first-order valence-electron chi connectivity index (χ1n) is 16.3. The van der Waals surface area contributed by atoms with Crippen molar-refractivity contribution in [3.8, 4) is 16.9 Å². The molecule has 1 aliphatic rings. The third-order valence-electron chi connectivity index (χ3n) is 7.47. The zero-order valence-corrected chi connectivity index (χ0v) is 28.7. The molecule has 3 aromatic carbocycles. The minimum Gasteiger partial charge on any atom is -0.489 e. The second-order valence-corrected chi connectivity index (χ2v) is 14.0. The number of hydrogen-bond acceptors (Lipinski definition) is 7. The predicted molar refractivity (Wildman–Crippen MR) is 181 cm³/mol. The average molecular weight is 649 g/mol. The lowest BCUT2D eigenvalue weighted by Crippen LogP contribution is -2.38. The molecular weight excluding hydrogens is 599 g/mol. The topological polar surface area (TPSA) is 95.1 Å². The number of hydrogen-bond donors (Lipinski definition) is 2. The molecule has 2 atom stereocenters. The highest BCUT2D eigenvalue weighted by atomic mass is 19.1. The molecule has 2 unspecified atom stereocenters. The molecule has 1 heterocycles. The molecular formula is C38H49FN2O6. The van der Waals surface area contributed by atoms with Crippen LogP contribution >= 0.6 is 0 Å². The first-order chi connectivity index (χ1) is 22.2. The van der Waals surface area contributed by atoms with E-state index in [0.29, 0.717) is 29.0 Å². The fraction of sp³-hybridized carbons (Fsp3) is 0.474. The van der Waals surface area contributed by atoms with E-state index in [0.717, 1.165) is 42.6 Å². The number of carbonyl (C=O) groups is 2. The Morgan fingerprint density at radius 3 is 2.40 bits per heavy atom. The van der Waals surface area contributed by atoms with Crippen molar-refractivity contribution < 1.29 is 32.9 Å². The zero-order chi connectivity index (χ0) is 34.2. The summed E-state index contributed by atoms with van der Waals surface area (Å²) in [5.41, 5.74) is 2.84. The number of aryl methyl sites for hydroxylation is 1. The SMILES string of the molecule is CC(NC(=O)OC(C)(C)C)c1cccc(-c2cc(CCC3CNCCO3)cc(COc3ccccc3CC(=O)OC(C)(C)C)c2)c1F. The fourth-order valence-corrected chi connectivity index (χ4v) is 5.43. The maximum atomic E-state index is 16.2. The Kier molecular flexibility index (Phi) is 12.0. The molecule has 0 saturated carbocycles. The second-order valence-electron chi connectivity index (χ2n) is 14.0. The molecule has 8 nitrogen and oxygen atoms in total. The van der Waals surface area contributed by atoms with Gasteiger partial charge in [-0.15, -0.1) is 0 Å². The van der Waals surface area contributed by atoms with Gasteiger partial charge in [-0.25, -0.2) is 9.18 Å². The van der Waals surface area contributed by atoms with Gasteiger partial charge < -0.3 is 29.6 Å². The first-order valence-corrected chi connectivity index (χ1v) is 16.3. The van der Waals surface area contributed by atoms with Gasteiger partial charge in [0.1, 0.15) is 29.4 Å². The quantitative estimate of drug-likeness (QED) is 0.209. The molecule has 47 heavy (non-hydrogen) atoms. The van der Waals surface area contributed by atoms with Crippen molar-refractivity contribution in [1.29, 1.82) is 0 Å². The molecule has 254 valence electrons. The van der Waals surface area contributed by atoms with Crippen LogP contribution in [0.2, 0.25) is 0 Å². The van der Waals surface area contributed by atoms with Crippen LogP contribution in [-0.4, -0.2) is 49.1 Å². The summed E-state index contributed by atoms with van der Waals surface area (Å²) in [7, 11) is 0.